The van der Waals surface area contributed by atoms with Gasteiger partial charge in [0.25, 0.3) is 23.3 Å². The van der Waals surface area contributed by atoms with Gasteiger partial charge in [-0.2, -0.15) is 0 Å². The molecule has 6 heterocycles. The highest BCUT2D eigenvalue weighted by Gasteiger charge is 2.52. The smallest absolute Gasteiger partial charge is 0.411 e. The number of esters is 1. The van der Waals surface area contributed by atoms with E-state index in [1.807, 2.05) is 0 Å². The van der Waals surface area contributed by atoms with E-state index in [1.165, 1.54) is 39.6 Å². The summed E-state index contributed by atoms with van der Waals surface area (Å²) in [7, 11) is 1.46. The van der Waals surface area contributed by atoms with Crippen molar-refractivity contribution in [2.75, 3.05) is 50.0 Å². The van der Waals surface area contributed by atoms with E-state index in [-0.39, 0.29) is 73.9 Å². The number of aryl methyl sites for hydroxylation is 1. The van der Waals surface area contributed by atoms with Crippen LogP contribution in [0.3, 0.4) is 0 Å². The van der Waals surface area contributed by atoms with Crippen molar-refractivity contribution in [2.24, 2.45) is 0 Å². The Hall–Kier alpha value is -11.1. The van der Waals surface area contributed by atoms with E-state index >= 15 is 4.39 Å². The van der Waals surface area contributed by atoms with Gasteiger partial charge in [0.2, 0.25) is 35.1 Å². The first-order valence-corrected chi connectivity index (χ1v) is 31.0. The summed E-state index contributed by atoms with van der Waals surface area (Å²) < 4.78 is 34.4. The monoisotopic (exact) mass is 1300 g/mol. The van der Waals surface area contributed by atoms with E-state index in [9.17, 15) is 57.5 Å². The lowest BCUT2D eigenvalue weighted by molar-refractivity contribution is -0.173. The maximum Gasteiger partial charge on any atom is 0.411 e. The Balaban J connectivity index is 0.656. The van der Waals surface area contributed by atoms with Gasteiger partial charge < -0.3 is 60.5 Å². The molecule has 11 rings (SSSR count). The number of rotatable bonds is 21. The molecule has 1 saturated heterocycles. The quantitative estimate of drug-likeness (QED) is 0.0325. The van der Waals surface area contributed by atoms with Crippen molar-refractivity contribution in [2.45, 2.75) is 110 Å². The van der Waals surface area contributed by atoms with Crippen molar-refractivity contribution >= 4 is 87.7 Å². The number of fused-ring (bicyclic) bond motifs is 5. The highest BCUT2D eigenvalue weighted by Crippen LogP contribution is 2.48. The number of carbonyl (C=O) groups is 11. The standard InChI is InChI=1S/C68H68FN11O15/c1-6-53(81)74-49-26-44-37(4)48(69)28-50-59(44)60(49)45-33-79-52(61(45)76-50)27-47-46(64(79)89)35-93-65(90)68(47,7-2)95-66(91)77(5)32-42-14-11-21-78(42)67(92)94-34-39-15-17-41(18-16-39)73-55(83)31-72-63(88)51(24-38-12-9-8-10-13-38)75-56(84)30-70-54(82)29-71-62(87)40-22-36(3)23-43(25-40)80-57(85)19-20-58(80)86/h8-10,12-13,15-20,22-23,25,27-28,42,49,51H,6-7,11,14,21,24,26,29-35H2,1-5H3,(H,70,82)(H,71,87)(H,72,88)(H,73,83)(H,74,81)(H,75,84)/t42-,49-,51-,68-/m0/s1. The number of likely N-dealkylation sites (N-methyl/N-ethyl adjacent to an activating group) is 1. The Labute approximate surface area is 542 Å². The normalized spacial score (nSPS) is 17.5. The molecule has 5 aliphatic rings. The molecule has 4 aliphatic heterocycles. The summed E-state index contributed by atoms with van der Waals surface area (Å²) in [4.78, 5) is 168. The summed E-state index contributed by atoms with van der Waals surface area (Å²) in [5, 5.41) is 16.4. The number of hydrogen-bond acceptors (Lipinski definition) is 16. The number of halogens is 1. The third-order valence-electron chi connectivity index (χ3n) is 17.6. The van der Waals surface area contributed by atoms with E-state index in [1.54, 1.807) is 94.4 Å². The zero-order valence-electron chi connectivity index (χ0n) is 52.6. The van der Waals surface area contributed by atoms with Crippen LogP contribution in [0.15, 0.2) is 102 Å². The van der Waals surface area contributed by atoms with Gasteiger partial charge in [0.1, 0.15) is 25.1 Å². The highest BCUT2D eigenvalue weighted by molar-refractivity contribution is 6.28. The van der Waals surface area contributed by atoms with Gasteiger partial charge in [-0.15, -0.1) is 0 Å². The second-order valence-electron chi connectivity index (χ2n) is 23.9. The molecule has 1 fully saturated rings. The summed E-state index contributed by atoms with van der Waals surface area (Å²) >= 11 is 0. The predicted molar refractivity (Wildman–Crippen MR) is 339 cm³/mol. The second kappa shape index (κ2) is 27.2. The van der Waals surface area contributed by atoms with Gasteiger partial charge in [-0.25, -0.2) is 28.7 Å². The van der Waals surface area contributed by atoms with Gasteiger partial charge >= 0.3 is 18.2 Å². The molecule has 4 atom stereocenters. The number of ether oxygens (including phenoxy) is 3. The Bertz CT molecular complexity index is 4290. The lowest BCUT2D eigenvalue weighted by Crippen LogP contribution is -2.52. The Morgan fingerprint density at radius 2 is 1.54 bits per heavy atom. The number of hydrogen-bond donors (Lipinski definition) is 6. The molecule has 26 nitrogen and oxygen atoms in total. The molecule has 95 heavy (non-hydrogen) atoms. The third-order valence-corrected chi connectivity index (χ3v) is 17.6. The molecule has 0 spiro atoms. The van der Waals surface area contributed by atoms with Crippen LogP contribution in [-0.2, 0) is 90.8 Å². The molecule has 6 aromatic rings. The van der Waals surface area contributed by atoms with Crippen LogP contribution in [0.25, 0.3) is 22.3 Å². The van der Waals surface area contributed by atoms with E-state index < -0.39 is 114 Å². The van der Waals surface area contributed by atoms with Crippen molar-refractivity contribution in [3.63, 3.8) is 0 Å². The molecule has 2 aromatic heterocycles. The largest absolute Gasteiger partial charge is 0.457 e. The van der Waals surface area contributed by atoms with Crippen LogP contribution >= 0.6 is 0 Å². The van der Waals surface area contributed by atoms with Crippen LogP contribution in [0.1, 0.15) is 106 Å². The summed E-state index contributed by atoms with van der Waals surface area (Å²) in [6.07, 6.45) is 2.22. The van der Waals surface area contributed by atoms with Crippen molar-refractivity contribution in [1.29, 1.82) is 0 Å². The molecule has 1 aliphatic carbocycles. The first-order chi connectivity index (χ1) is 45.5. The number of pyridine rings is 2. The molecular formula is C68H68FN11O15. The summed E-state index contributed by atoms with van der Waals surface area (Å²) in [5.74, 6) is -6.13. The molecule has 0 unspecified atom stereocenters. The van der Waals surface area contributed by atoms with Crippen LogP contribution < -0.4 is 42.4 Å². The summed E-state index contributed by atoms with van der Waals surface area (Å²) in [6.45, 7) is 4.97. The lowest BCUT2D eigenvalue weighted by Gasteiger charge is -2.37. The van der Waals surface area contributed by atoms with Crippen LogP contribution in [-0.4, -0.2) is 137 Å². The summed E-state index contributed by atoms with van der Waals surface area (Å²) in [5.41, 5.74) is 3.80. The molecule has 0 bridgehead atoms. The van der Waals surface area contributed by atoms with E-state index in [0.29, 0.717) is 76.2 Å². The van der Waals surface area contributed by atoms with Crippen molar-refractivity contribution in [1.82, 2.24) is 45.9 Å². The van der Waals surface area contributed by atoms with Gasteiger partial charge in [-0.3, -0.25) is 43.2 Å². The highest BCUT2D eigenvalue weighted by atomic mass is 19.1. The SMILES string of the molecule is CCC(=O)N[C@H]1Cc2c(C)c(F)cc3nc4c(c1c23)Cn1c-4cc2c(c1=O)COC(=O)[C@@]2(CC)OC(=O)N(C)C[C@@H]1CCCN1C(=O)OCc1ccc(NC(=O)CNC(=O)[C@H](Cc2ccccc2)NC(=O)CNC(=O)CNC(=O)c2cc(C)cc(N3C(=O)C=CC3=O)c2)cc1. The van der Waals surface area contributed by atoms with Gasteiger partial charge in [0.05, 0.1) is 66.4 Å². The number of cyclic esters (lactones) is 1. The number of carbonyl (C=O) groups excluding carboxylic acids is 11. The Morgan fingerprint density at radius 1 is 0.811 bits per heavy atom. The summed E-state index contributed by atoms with van der Waals surface area (Å²) in [6, 6.07) is 20.3. The van der Waals surface area contributed by atoms with Crippen LogP contribution in [0, 0.1) is 19.7 Å². The number of imide groups is 1. The molecule has 492 valence electrons. The Morgan fingerprint density at radius 3 is 2.26 bits per heavy atom. The molecule has 4 aromatic carbocycles. The fourth-order valence-corrected chi connectivity index (χ4v) is 12.7. The van der Waals surface area contributed by atoms with Gasteiger partial charge in [0, 0.05) is 79.0 Å². The number of anilines is 2. The second-order valence-corrected chi connectivity index (χ2v) is 23.9. The molecule has 10 amide bonds. The molecule has 0 saturated carbocycles. The van der Waals surface area contributed by atoms with E-state index in [2.05, 4.69) is 31.9 Å². The van der Waals surface area contributed by atoms with E-state index in [0.717, 1.165) is 33.6 Å². The van der Waals surface area contributed by atoms with Crippen molar-refractivity contribution in [3.05, 3.63) is 169 Å². The first-order valence-electron chi connectivity index (χ1n) is 31.0. The molecule has 6 N–H and O–H groups in total. The zero-order valence-corrected chi connectivity index (χ0v) is 52.6. The van der Waals surface area contributed by atoms with Crippen molar-refractivity contribution < 1.29 is 71.3 Å². The van der Waals surface area contributed by atoms with Gasteiger partial charge in [-0.1, -0.05) is 56.3 Å². The van der Waals surface area contributed by atoms with Gasteiger partial charge in [0.15, 0.2) is 0 Å². The molecular weight excluding hydrogens is 1230 g/mol. The lowest BCUT2D eigenvalue weighted by atomic mass is 9.85. The average molecular weight is 1300 g/mol. The molecule has 27 heteroatoms. The molecule has 0 radical (unpaired) electrons. The van der Waals surface area contributed by atoms with E-state index in [4.69, 9.17) is 19.2 Å². The fraction of sp³-hybridized carbons (Fsp3) is 0.338. The fourth-order valence-electron chi connectivity index (χ4n) is 12.7. The predicted octanol–water partition coefficient (Wildman–Crippen LogP) is 4.59. The number of nitrogens with one attached hydrogen (secondary N) is 6. The zero-order chi connectivity index (χ0) is 67.6. The third kappa shape index (κ3) is 13.4. The topological polar surface area (TPSA) is 332 Å². The number of likely N-dealkylation sites (tertiary alicyclic amines) is 1. The Kier molecular flexibility index (Phi) is 18.7. The van der Waals surface area contributed by atoms with Crippen LogP contribution in [0.2, 0.25) is 0 Å². The number of nitrogens with zero attached hydrogens (tertiary/aromatic N) is 5. The van der Waals surface area contributed by atoms with Crippen LogP contribution in [0.5, 0.6) is 0 Å². The number of aromatic nitrogens is 2. The minimum absolute atomic E-state index is 0.0147. The number of amides is 10. The average Bonchev–Trinajstić information content (AvgIpc) is 1.57. The van der Waals surface area contributed by atoms with Crippen molar-refractivity contribution in [3.8, 4) is 11.4 Å². The minimum Gasteiger partial charge on any atom is -0.457 e. The maximum atomic E-state index is 15.5. The number of benzene rings is 4. The van der Waals surface area contributed by atoms with Gasteiger partial charge in [-0.05, 0) is 109 Å². The maximum absolute atomic E-state index is 15.5. The first kappa shape index (κ1) is 65.4. The minimum atomic E-state index is -2.06. The van der Waals surface area contributed by atoms with Crippen LogP contribution in [0.4, 0.5) is 25.4 Å².